The molecule has 34 heavy (non-hydrogen) atoms. The SMILES string of the molecule is O=C(CCc1nc2c(cnn2-c2ccccc2)c(=O)[nH]1)NCc1ccc(CN2CCCC2)cc1. The van der Waals surface area contributed by atoms with Crippen LogP contribution in [0.3, 0.4) is 0 Å². The zero-order chi connectivity index (χ0) is 23.3. The summed E-state index contributed by atoms with van der Waals surface area (Å²) in [5.41, 5.74) is 3.43. The number of hydrogen-bond donors (Lipinski definition) is 2. The molecule has 1 fully saturated rings. The standard InChI is InChI=1S/C26H28N6O2/c33-24(27-16-19-8-10-20(11-9-19)18-31-14-4-5-15-31)13-12-23-29-25-22(26(34)30-23)17-28-32(25)21-6-2-1-3-7-21/h1-3,6-11,17H,4-5,12-16,18H2,(H,27,33)(H,29,30,34). The number of likely N-dealkylation sites (tertiary alicyclic amines) is 1. The Morgan fingerprint density at radius 2 is 1.74 bits per heavy atom. The number of rotatable bonds is 8. The smallest absolute Gasteiger partial charge is 0.262 e. The van der Waals surface area contributed by atoms with Crippen LogP contribution in [0.4, 0.5) is 0 Å². The number of carbonyl (C=O) groups is 1. The molecule has 0 radical (unpaired) electrons. The van der Waals surface area contributed by atoms with E-state index < -0.39 is 0 Å². The molecule has 0 saturated carbocycles. The molecule has 3 heterocycles. The van der Waals surface area contributed by atoms with Gasteiger partial charge in [-0.15, -0.1) is 0 Å². The number of fused-ring (bicyclic) bond motifs is 1. The van der Waals surface area contributed by atoms with Gasteiger partial charge in [0.05, 0.1) is 11.9 Å². The van der Waals surface area contributed by atoms with Crippen LogP contribution in [0.1, 0.15) is 36.2 Å². The highest BCUT2D eigenvalue weighted by molar-refractivity contribution is 5.77. The number of aromatic amines is 1. The summed E-state index contributed by atoms with van der Waals surface area (Å²) in [5, 5.41) is 7.69. The molecule has 4 aromatic rings. The van der Waals surface area contributed by atoms with E-state index in [1.807, 2.05) is 30.3 Å². The van der Waals surface area contributed by atoms with Crippen LogP contribution >= 0.6 is 0 Å². The Hall–Kier alpha value is -3.78. The summed E-state index contributed by atoms with van der Waals surface area (Å²) in [6.07, 6.45) is 4.67. The van der Waals surface area contributed by atoms with Crippen LogP contribution in [-0.4, -0.2) is 43.6 Å². The van der Waals surface area contributed by atoms with Gasteiger partial charge in [-0.25, -0.2) is 9.67 Å². The summed E-state index contributed by atoms with van der Waals surface area (Å²) in [7, 11) is 0. The zero-order valence-corrected chi connectivity index (χ0v) is 19.0. The van der Waals surface area contributed by atoms with Gasteiger partial charge >= 0.3 is 0 Å². The molecule has 0 aliphatic carbocycles. The molecule has 1 aliphatic rings. The molecule has 8 nitrogen and oxygen atoms in total. The average Bonchev–Trinajstić information content (AvgIpc) is 3.53. The van der Waals surface area contributed by atoms with E-state index in [0.717, 1.165) is 17.8 Å². The topological polar surface area (TPSA) is 95.9 Å². The first-order valence-electron chi connectivity index (χ1n) is 11.7. The monoisotopic (exact) mass is 456 g/mol. The number of aryl methyl sites for hydroxylation is 1. The first-order valence-corrected chi connectivity index (χ1v) is 11.7. The van der Waals surface area contributed by atoms with Crippen molar-refractivity contribution in [1.82, 2.24) is 30.0 Å². The van der Waals surface area contributed by atoms with Crippen LogP contribution in [0.2, 0.25) is 0 Å². The Morgan fingerprint density at radius 3 is 2.50 bits per heavy atom. The van der Waals surface area contributed by atoms with Crippen LogP contribution in [0.25, 0.3) is 16.7 Å². The van der Waals surface area contributed by atoms with E-state index in [1.54, 1.807) is 4.68 Å². The van der Waals surface area contributed by atoms with E-state index in [9.17, 15) is 9.59 Å². The lowest BCUT2D eigenvalue weighted by Gasteiger charge is -2.14. The first-order chi connectivity index (χ1) is 16.7. The third-order valence-corrected chi connectivity index (χ3v) is 6.19. The Bertz CT molecular complexity index is 1320. The fourth-order valence-corrected chi connectivity index (χ4v) is 4.32. The van der Waals surface area contributed by atoms with Crippen molar-refractivity contribution in [2.24, 2.45) is 0 Å². The summed E-state index contributed by atoms with van der Waals surface area (Å²) in [5.74, 6) is 0.386. The first kappa shape index (κ1) is 22.0. The molecule has 2 N–H and O–H groups in total. The van der Waals surface area contributed by atoms with Gasteiger partial charge < -0.3 is 10.3 Å². The molecule has 1 saturated heterocycles. The normalized spacial score (nSPS) is 14.0. The summed E-state index contributed by atoms with van der Waals surface area (Å²) in [6, 6.07) is 18.0. The molecule has 0 spiro atoms. The molecule has 0 bridgehead atoms. The van der Waals surface area contributed by atoms with Crippen molar-refractivity contribution in [3.8, 4) is 5.69 Å². The number of hydrogen-bond acceptors (Lipinski definition) is 5. The van der Waals surface area contributed by atoms with Gasteiger partial charge in [0.15, 0.2) is 5.65 Å². The zero-order valence-electron chi connectivity index (χ0n) is 19.0. The number of carbonyl (C=O) groups excluding carboxylic acids is 1. The molecule has 8 heteroatoms. The van der Waals surface area contributed by atoms with Crippen molar-refractivity contribution >= 4 is 16.9 Å². The number of H-pyrrole nitrogens is 1. The van der Waals surface area contributed by atoms with E-state index in [0.29, 0.717) is 29.8 Å². The second-order valence-corrected chi connectivity index (χ2v) is 8.72. The minimum atomic E-state index is -0.253. The highest BCUT2D eigenvalue weighted by Crippen LogP contribution is 2.15. The minimum absolute atomic E-state index is 0.0829. The summed E-state index contributed by atoms with van der Waals surface area (Å²) in [4.78, 5) is 34.7. The molecule has 2 aromatic heterocycles. The maximum absolute atomic E-state index is 12.5. The molecule has 2 aromatic carbocycles. The summed E-state index contributed by atoms with van der Waals surface area (Å²) in [6.45, 7) is 3.83. The van der Waals surface area contributed by atoms with Crippen molar-refractivity contribution in [2.45, 2.75) is 38.8 Å². The van der Waals surface area contributed by atoms with E-state index in [4.69, 9.17) is 0 Å². The number of benzene rings is 2. The minimum Gasteiger partial charge on any atom is -0.352 e. The number of aromatic nitrogens is 4. The molecule has 1 aliphatic heterocycles. The second-order valence-electron chi connectivity index (χ2n) is 8.72. The Labute approximate surface area is 197 Å². The van der Waals surface area contributed by atoms with Crippen molar-refractivity contribution < 1.29 is 4.79 Å². The second kappa shape index (κ2) is 10.0. The van der Waals surface area contributed by atoms with Crippen molar-refractivity contribution in [3.63, 3.8) is 0 Å². The van der Waals surface area contributed by atoms with Crippen molar-refractivity contribution in [3.05, 3.63) is 88.1 Å². The van der Waals surface area contributed by atoms with Crippen LogP contribution in [0.15, 0.2) is 65.6 Å². The Morgan fingerprint density at radius 1 is 1.00 bits per heavy atom. The maximum atomic E-state index is 12.5. The molecule has 5 rings (SSSR count). The third kappa shape index (κ3) is 5.07. The number of amides is 1. The quantitative estimate of drug-likeness (QED) is 0.425. The highest BCUT2D eigenvalue weighted by Gasteiger charge is 2.13. The summed E-state index contributed by atoms with van der Waals surface area (Å²) < 4.78 is 1.64. The average molecular weight is 457 g/mol. The lowest BCUT2D eigenvalue weighted by molar-refractivity contribution is -0.121. The van der Waals surface area contributed by atoms with Gasteiger partial charge in [0, 0.05) is 25.9 Å². The van der Waals surface area contributed by atoms with Crippen molar-refractivity contribution in [1.29, 1.82) is 0 Å². The van der Waals surface area contributed by atoms with E-state index in [-0.39, 0.29) is 17.9 Å². The maximum Gasteiger partial charge on any atom is 0.262 e. The molecule has 1 amide bonds. The predicted octanol–water partition coefficient (Wildman–Crippen LogP) is 2.95. The van der Waals surface area contributed by atoms with E-state index in [1.165, 1.54) is 37.7 Å². The van der Waals surface area contributed by atoms with Gasteiger partial charge in [-0.1, -0.05) is 42.5 Å². The Kier molecular flexibility index (Phi) is 6.49. The number of para-hydroxylation sites is 1. The molecule has 174 valence electrons. The predicted molar refractivity (Wildman–Crippen MR) is 131 cm³/mol. The van der Waals surface area contributed by atoms with Crippen molar-refractivity contribution in [2.75, 3.05) is 13.1 Å². The van der Waals surface area contributed by atoms with E-state index in [2.05, 4.69) is 49.5 Å². The van der Waals surface area contributed by atoms with E-state index >= 15 is 0 Å². The number of nitrogens with one attached hydrogen (secondary N) is 2. The Balaban J connectivity index is 1.17. The third-order valence-electron chi connectivity index (χ3n) is 6.19. The van der Waals surface area contributed by atoms with Crippen LogP contribution in [0.5, 0.6) is 0 Å². The fraction of sp³-hybridized carbons (Fsp3) is 0.308. The van der Waals surface area contributed by atoms with Gasteiger partial charge in [0.25, 0.3) is 5.56 Å². The van der Waals surface area contributed by atoms with Crippen LogP contribution in [-0.2, 0) is 24.3 Å². The van der Waals surface area contributed by atoms with Gasteiger partial charge in [0.2, 0.25) is 5.91 Å². The van der Waals surface area contributed by atoms with Gasteiger partial charge in [-0.3, -0.25) is 14.5 Å². The fourth-order valence-electron chi connectivity index (χ4n) is 4.32. The molecular weight excluding hydrogens is 428 g/mol. The summed E-state index contributed by atoms with van der Waals surface area (Å²) >= 11 is 0. The lowest BCUT2D eigenvalue weighted by Crippen LogP contribution is -2.24. The molecule has 0 atom stereocenters. The highest BCUT2D eigenvalue weighted by atomic mass is 16.1. The largest absolute Gasteiger partial charge is 0.352 e. The van der Waals surface area contributed by atoms with Gasteiger partial charge in [0.1, 0.15) is 11.2 Å². The van der Waals surface area contributed by atoms with Gasteiger partial charge in [-0.2, -0.15) is 5.10 Å². The number of nitrogens with zero attached hydrogens (tertiary/aromatic N) is 4. The van der Waals surface area contributed by atoms with Crippen LogP contribution in [0, 0.1) is 0 Å². The van der Waals surface area contributed by atoms with Gasteiger partial charge in [-0.05, 0) is 49.2 Å². The van der Waals surface area contributed by atoms with Crippen LogP contribution < -0.4 is 10.9 Å². The lowest BCUT2D eigenvalue weighted by atomic mass is 10.1. The molecule has 0 unspecified atom stereocenters. The molecular formula is C26H28N6O2.